The lowest BCUT2D eigenvalue weighted by molar-refractivity contribution is -0.123. The van der Waals surface area contributed by atoms with Crippen molar-refractivity contribution in [3.8, 4) is 17.6 Å². The van der Waals surface area contributed by atoms with Crippen LogP contribution in [0.2, 0.25) is 0 Å². The first kappa shape index (κ1) is 27.0. The van der Waals surface area contributed by atoms with Crippen LogP contribution in [-0.2, 0) is 11.4 Å². The standard InChI is InChI=1S/C29H30N4O4/c1-19(2)27(32-28(34)22-12-9-20(3)10-13-22)29(35)33-31-17-21-11-14-25(26(15-21)36-4)37-18-24-8-6-5-7-23(24)16-30/h5-15,17,19,27H,18H2,1-4H3,(H,32,34)(H,33,35)/b31-17-. The number of hydrogen-bond acceptors (Lipinski definition) is 6. The van der Waals surface area contributed by atoms with Gasteiger partial charge in [0.2, 0.25) is 0 Å². The van der Waals surface area contributed by atoms with Gasteiger partial charge in [0.1, 0.15) is 12.6 Å². The van der Waals surface area contributed by atoms with Gasteiger partial charge in [-0.05, 0) is 54.8 Å². The van der Waals surface area contributed by atoms with Crippen molar-refractivity contribution in [2.24, 2.45) is 11.0 Å². The van der Waals surface area contributed by atoms with Crippen molar-refractivity contribution in [2.75, 3.05) is 7.11 Å². The number of nitriles is 1. The summed E-state index contributed by atoms with van der Waals surface area (Å²) < 4.78 is 11.3. The minimum atomic E-state index is -0.757. The molecule has 0 bridgehead atoms. The SMILES string of the molecule is COc1cc(/C=N\NC(=O)C(NC(=O)c2ccc(C)cc2)C(C)C)ccc1OCc1ccccc1C#N. The molecule has 0 saturated carbocycles. The Morgan fingerprint density at radius 1 is 1.05 bits per heavy atom. The summed E-state index contributed by atoms with van der Waals surface area (Å²) in [5, 5.41) is 16.1. The van der Waals surface area contributed by atoms with Crippen LogP contribution in [0.3, 0.4) is 0 Å². The number of hydrazone groups is 1. The average Bonchev–Trinajstić information content (AvgIpc) is 2.90. The van der Waals surface area contributed by atoms with E-state index in [2.05, 4.69) is 21.9 Å². The molecule has 190 valence electrons. The number of amides is 2. The summed E-state index contributed by atoms with van der Waals surface area (Å²) in [6.45, 7) is 5.86. The summed E-state index contributed by atoms with van der Waals surface area (Å²) in [6, 6.07) is 21.0. The molecule has 0 aromatic heterocycles. The van der Waals surface area contributed by atoms with E-state index in [1.165, 1.54) is 13.3 Å². The van der Waals surface area contributed by atoms with Crippen LogP contribution in [0.15, 0.2) is 71.8 Å². The summed E-state index contributed by atoms with van der Waals surface area (Å²) in [7, 11) is 1.53. The number of methoxy groups -OCH3 is 1. The van der Waals surface area contributed by atoms with Crippen LogP contribution in [0, 0.1) is 24.2 Å². The van der Waals surface area contributed by atoms with Gasteiger partial charge in [-0.2, -0.15) is 10.4 Å². The van der Waals surface area contributed by atoms with E-state index >= 15 is 0 Å². The first-order chi connectivity index (χ1) is 17.8. The van der Waals surface area contributed by atoms with Gasteiger partial charge in [0.15, 0.2) is 11.5 Å². The molecule has 0 aliphatic carbocycles. The highest BCUT2D eigenvalue weighted by atomic mass is 16.5. The Balaban J connectivity index is 1.62. The monoisotopic (exact) mass is 498 g/mol. The van der Waals surface area contributed by atoms with Gasteiger partial charge in [-0.15, -0.1) is 0 Å². The Kier molecular flexibility index (Phi) is 9.39. The molecule has 0 heterocycles. The van der Waals surface area contributed by atoms with Gasteiger partial charge in [-0.3, -0.25) is 9.59 Å². The lowest BCUT2D eigenvalue weighted by atomic mass is 10.0. The van der Waals surface area contributed by atoms with Crippen LogP contribution in [0.1, 0.15) is 46.5 Å². The molecular weight excluding hydrogens is 468 g/mol. The van der Waals surface area contributed by atoms with Gasteiger partial charge >= 0.3 is 0 Å². The maximum absolute atomic E-state index is 12.7. The van der Waals surface area contributed by atoms with E-state index in [0.29, 0.717) is 28.2 Å². The third-order valence-electron chi connectivity index (χ3n) is 5.65. The van der Waals surface area contributed by atoms with Crippen molar-refractivity contribution < 1.29 is 19.1 Å². The van der Waals surface area contributed by atoms with E-state index in [0.717, 1.165) is 11.1 Å². The molecule has 0 spiro atoms. The van der Waals surface area contributed by atoms with E-state index < -0.39 is 11.9 Å². The molecule has 0 aliphatic heterocycles. The fourth-order valence-electron chi connectivity index (χ4n) is 3.50. The van der Waals surface area contributed by atoms with Crippen molar-refractivity contribution in [2.45, 2.75) is 33.4 Å². The lowest BCUT2D eigenvalue weighted by Gasteiger charge is -2.20. The maximum Gasteiger partial charge on any atom is 0.262 e. The van der Waals surface area contributed by atoms with Crippen molar-refractivity contribution >= 4 is 18.0 Å². The smallest absolute Gasteiger partial charge is 0.262 e. The van der Waals surface area contributed by atoms with Crippen LogP contribution in [0.4, 0.5) is 0 Å². The highest BCUT2D eigenvalue weighted by molar-refractivity contribution is 5.97. The van der Waals surface area contributed by atoms with Crippen LogP contribution < -0.4 is 20.2 Å². The molecule has 0 aliphatic rings. The number of nitrogens with one attached hydrogen (secondary N) is 2. The largest absolute Gasteiger partial charge is 0.493 e. The van der Waals surface area contributed by atoms with Gasteiger partial charge in [-0.25, -0.2) is 5.43 Å². The minimum Gasteiger partial charge on any atom is -0.493 e. The van der Waals surface area contributed by atoms with Crippen LogP contribution in [0.5, 0.6) is 11.5 Å². The fourth-order valence-corrected chi connectivity index (χ4v) is 3.50. The Morgan fingerprint density at radius 2 is 1.78 bits per heavy atom. The first-order valence-corrected chi connectivity index (χ1v) is 11.8. The molecule has 0 fully saturated rings. The highest BCUT2D eigenvalue weighted by Gasteiger charge is 2.24. The predicted octanol–water partition coefficient (Wildman–Crippen LogP) is 4.36. The second-order valence-corrected chi connectivity index (χ2v) is 8.76. The van der Waals surface area contributed by atoms with Crippen molar-refractivity contribution in [1.29, 1.82) is 5.26 Å². The molecule has 0 radical (unpaired) electrons. The number of benzene rings is 3. The molecule has 8 heteroatoms. The number of ether oxygens (including phenoxy) is 2. The topological polar surface area (TPSA) is 113 Å². The highest BCUT2D eigenvalue weighted by Crippen LogP contribution is 2.28. The molecule has 3 aromatic carbocycles. The quantitative estimate of drug-likeness (QED) is 0.319. The van der Waals surface area contributed by atoms with Gasteiger partial charge in [0.25, 0.3) is 11.8 Å². The number of carbonyl (C=O) groups is 2. The molecule has 8 nitrogen and oxygen atoms in total. The van der Waals surface area contributed by atoms with Crippen molar-refractivity contribution in [1.82, 2.24) is 10.7 Å². The Bertz CT molecular complexity index is 1310. The molecule has 1 unspecified atom stereocenters. The van der Waals surface area contributed by atoms with E-state index in [4.69, 9.17) is 9.47 Å². The Morgan fingerprint density at radius 3 is 2.46 bits per heavy atom. The van der Waals surface area contributed by atoms with Crippen LogP contribution in [0.25, 0.3) is 0 Å². The maximum atomic E-state index is 12.7. The zero-order chi connectivity index (χ0) is 26.8. The summed E-state index contributed by atoms with van der Waals surface area (Å²) in [4.78, 5) is 25.3. The zero-order valence-corrected chi connectivity index (χ0v) is 21.3. The second kappa shape index (κ2) is 12.9. The summed E-state index contributed by atoms with van der Waals surface area (Å²) in [5.41, 5.74) is 6.03. The van der Waals surface area contributed by atoms with E-state index in [-0.39, 0.29) is 18.4 Å². The number of aryl methyl sites for hydroxylation is 1. The third-order valence-corrected chi connectivity index (χ3v) is 5.65. The molecule has 3 rings (SSSR count). The lowest BCUT2D eigenvalue weighted by Crippen LogP contribution is -2.48. The van der Waals surface area contributed by atoms with Gasteiger partial charge in [-0.1, -0.05) is 49.7 Å². The first-order valence-electron chi connectivity index (χ1n) is 11.8. The van der Waals surface area contributed by atoms with Gasteiger partial charge in [0, 0.05) is 11.1 Å². The Hall–Kier alpha value is -4.64. The molecule has 37 heavy (non-hydrogen) atoms. The van der Waals surface area contributed by atoms with E-state index in [1.54, 1.807) is 42.5 Å². The third kappa shape index (κ3) is 7.42. The predicted molar refractivity (Wildman–Crippen MR) is 141 cm³/mol. The molecular formula is C29H30N4O4. The Labute approximate surface area is 216 Å². The molecule has 1 atom stereocenters. The zero-order valence-electron chi connectivity index (χ0n) is 21.3. The number of carbonyl (C=O) groups excluding carboxylic acids is 2. The summed E-state index contributed by atoms with van der Waals surface area (Å²) in [6.07, 6.45) is 1.48. The number of hydrogen-bond donors (Lipinski definition) is 2. The molecule has 2 N–H and O–H groups in total. The van der Waals surface area contributed by atoms with E-state index in [9.17, 15) is 14.9 Å². The summed E-state index contributed by atoms with van der Waals surface area (Å²) >= 11 is 0. The average molecular weight is 499 g/mol. The van der Waals surface area contributed by atoms with Gasteiger partial charge in [0.05, 0.1) is 25.0 Å². The summed E-state index contributed by atoms with van der Waals surface area (Å²) in [5.74, 6) is 0.0999. The molecule has 2 amide bonds. The second-order valence-electron chi connectivity index (χ2n) is 8.76. The van der Waals surface area contributed by atoms with Gasteiger partial charge < -0.3 is 14.8 Å². The minimum absolute atomic E-state index is 0.146. The normalized spacial score (nSPS) is 11.6. The van der Waals surface area contributed by atoms with Crippen LogP contribution >= 0.6 is 0 Å². The van der Waals surface area contributed by atoms with Crippen molar-refractivity contribution in [3.63, 3.8) is 0 Å². The number of rotatable bonds is 10. The number of nitrogens with zero attached hydrogens (tertiary/aromatic N) is 2. The van der Waals surface area contributed by atoms with Crippen LogP contribution in [-0.4, -0.2) is 31.2 Å². The molecule has 3 aromatic rings. The molecule has 0 saturated heterocycles. The fraction of sp³-hybridized carbons (Fsp3) is 0.241. The van der Waals surface area contributed by atoms with Crippen molar-refractivity contribution in [3.05, 3.63) is 94.5 Å². The van der Waals surface area contributed by atoms with E-state index in [1.807, 2.05) is 45.0 Å².